The molecule has 0 amide bonds. The Kier molecular flexibility index (Phi) is 6.52. The smallest absolute Gasteiger partial charge is 0.822 e. The van der Waals surface area contributed by atoms with Crippen molar-refractivity contribution >= 4 is 7.82 Å². The highest BCUT2D eigenvalue weighted by Gasteiger charge is 1.99. The number of hydrogen-bond donors (Lipinski definition) is 0. The van der Waals surface area contributed by atoms with Gasteiger partial charge >= 0.3 is 2.85 Å². The van der Waals surface area contributed by atoms with E-state index in [4.69, 9.17) is 19.2 Å². The summed E-state index contributed by atoms with van der Waals surface area (Å²) in [5.74, 6) is 0. The lowest BCUT2D eigenvalue weighted by atomic mass is 10.5. The molecule has 0 aliphatic heterocycles. The first-order valence-corrected chi connectivity index (χ1v) is 4.67. The fraction of sp³-hybridized carbons (Fsp3) is 0.667. The van der Waals surface area contributed by atoms with Gasteiger partial charge in [-0.05, 0) is 6.08 Å². The Bertz CT molecular complexity index is 169. The van der Waals surface area contributed by atoms with Crippen molar-refractivity contribution < 1.29 is 26.6 Å². The first-order valence-electron chi connectivity index (χ1n) is 3.20. The molecule has 0 saturated heterocycles. The van der Waals surface area contributed by atoms with E-state index in [2.05, 4.69) is 27.7 Å². The molecule has 0 spiro atoms. The molecule has 0 heterocycles. The minimum Gasteiger partial charge on any atom is -0.822 e. The zero-order chi connectivity index (χ0) is 10.4. The summed E-state index contributed by atoms with van der Waals surface area (Å²) >= 11 is 0. The summed E-state index contributed by atoms with van der Waals surface area (Å²) in [6.07, 6.45) is 1.93. The van der Waals surface area contributed by atoms with E-state index in [1.54, 1.807) is 0 Å². The Hall–Kier alpha value is -0.190. The zero-order valence-corrected chi connectivity index (χ0v) is 8.41. The summed E-state index contributed by atoms with van der Waals surface area (Å²) in [4.78, 5) is 25.6. The van der Waals surface area contributed by atoms with Gasteiger partial charge in [-0.2, -0.15) is 7.82 Å². The van der Waals surface area contributed by atoms with Gasteiger partial charge in [0.15, 0.2) is 0 Å². The molecule has 0 aliphatic carbocycles. The predicted molar refractivity (Wildman–Crippen MR) is 42.9 cm³/mol. The van der Waals surface area contributed by atoms with Crippen molar-refractivity contribution in [3.8, 4) is 0 Å². The van der Waals surface area contributed by atoms with Crippen molar-refractivity contribution in [2.75, 3.05) is 27.7 Å². The second-order valence-corrected chi connectivity index (χ2v) is 4.10. The molecule has 6 heteroatoms. The van der Waals surface area contributed by atoms with E-state index in [9.17, 15) is 0 Å². The van der Waals surface area contributed by atoms with E-state index < -0.39 is 7.82 Å². The molecule has 0 N–H and O–H groups in total. The van der Waals surface area contributed by atoms with E-state index in [0.717, 1.165) is 11.0 Å². The van der Waals surface area contributed by atoms with Gasteiger partial charge in [-0.1, -0.05) is 6.58 Å². The third kappa shape index (κ3) is 52.5. The maximum absolute atomic E-state index is 8.55. The normalized spacial score (nSPS) is 11.5. The molecular weight excluding hydrogens is 181 g/mol. The Balaban J connectivity index is -0.0000000651. The average Bonchev–Trinajstić information content (AvgIpc) is 1.54. The Morgan fingerprint density at radius 1 is 1.42 bits per heavy atom. The van der Waals surface area contributed by atoms with Crippen LogP contribution in [0.15, 0.2) is 12.7 Å². The van der Waals surface area contributed by atoms with Crippen LogP contribution in [-0.2, 0) is 4.57 Å². The minimum absolute atomic E-state index is 0. The summed E-state index contributed by atoms with van der Waals surface area (Å²) in [6.45, 7) is 4.67. The van der Waals surface area contributed by atoms with Crippen molar-refractivity contribution in [2.24, 2.45) is 0 Å². The lowest BCUT2D eigenvalue weighted by Gasteiger charge is -2.36. The number of nitrogens with zero attached hydrogens (tertiary/aromatic N) is 1. The van der Waals surface area contributed by atoms with Gasteiger partial charge < -0.3 is 23.7 Å². The van der Waals surface area contributed by atoms with Crippen molar-refractivity contribution in [1.82, 2.24) is 0 Å². The van der Waals surface area contributed by atoms with Crippen molar-refractivity contribution in [1.29, 1.82) is 0 Å². The van der Waals surface area contributed by atoms with Crippen molar-refractivity contribution in [3.05, 3.63) is 12.7 Å². The quantitative estimate of drug-likeness (QED) is 0.299. The largest absolute Gasteiger partial charge is 1.00 e. The first-order chi connectivity index (χ1) is 5.06. The van der Waals surface area contributed by atoms with Crippen LogP contribution in [-0.4, -0.2) is 32.2 Å². The van der Waals surface area contributed by atoms with Gasteiger partial charge in [-0.25, -0.2) is 0 Å². The molecule has 5 nitrogen and oxygen atoms in total. The SMILES string of the molecule is C=CC[N+](C)(C)C.O=P([O-])([O-])[O-].[H+].[H+]. The summed E-state index contributed by atoms with van der Waals surface area (Å²) in [5.41, 5.74) is 0. The van der Waals surface area contributed by atoms with E-state index in [-0.39, 0.29) is 2.85 Å². The van der Waals surface area contributed by atoms with Gasteiger partial charge in [0.2, 0.25) is 0 Å². The maximum Gasteiger partial charge on any atom is 1.00 e. The molecule has 0 saturated carbocycles. The molecule has 0 aromatic rings. The molecule has 0 aromatic heterocycles. The second kappa shape index (κ2) is 5.45. The molecule has 0 atom stereocenters. The highest BCUT2D eigenvalue weighted by atomic mass is 31.2. The van der Waals surface area contributed by atoms with Crippen molar-refractivity contribution in [2.45, 2.75) is 0 Å². The minimum atomic E-state index is -5.39. The third-order valence-electron chi connectivity index (χ3n) is 0.677. The van der Waals surface area contributed by atoms with Gasteiger partial charge in [0.25, 0.3) is 0 Å². The molecule has 74 valence electrons. The van der Waals surface area contributed by atoms with Crippen LogP contribution >= 0.6 is 7.82 Å². The monoisotopic (exact) mass is 197 g/mol. The highest BCUT2D eigenvalue weighted by molar-refractivity contribution is 7.40. The molecule has 0 rings (SSSR count). The lowest BCUT2D eigenvalue weighted by Crippen LogP contribution is -2.33. The van der Waals surface area contributed by atoms with Gasteiger partial charge in [-0.3, -0.25) is 0 Å². The second-order valence-electron chi connectivity index (χ2n) is 3.21. The van der Waals surface area contributed by atoms with Gasteiger partial charge in [0.1, 0.15) is 0 Å². The van der Waals surface area contributed by atoms with Crippen LogP contribution in [0.2, 0.25) is 0 Å². The average molecular weight is 197 g/mol. The number of phosphoric acid groups is 1. The highest BCUT2D eigenvalue weighted by Crippen LogP contribution is 2.03. The predicted octanol–water partition coefficient (Wildman–Crippen LogP) is -1.72. The van der Waals surface area contributed by atoms with E-state index >= 15 is 0 Å². The summed E-state index contributed by atoms with van der Waals surface area (Å²) in [5, 5.41) is 0. The van der Waals surface area contributed by atoms with Crippen LogP contribution in [0, 0.1) is 0 Å². The van der Waals surface area contributed by atoms with Crippen LogP contribution < -0.4 is 14.7 Å². The molecule has 12 heavy (non-hydrogen) atoms. The lowest BCUT2D eigenvalue weighted by molar-refractivity contribution is -0.864. The molecule has 0 aliphatic rings. The fourth-order valence-electron chi connectivity index (χ4n) is 0.387. The number of likely N-dealkylation sites (N-methyl/N-ethyl adjacent to an activating group) is 1. The van der Waals surface area contributed by atoms with E-state index in [1.165, 1.54) is 0 Å². The Morgan fingerprint density at radius 2 is 1.67 bits per heavy atom. The van der Waals surface area contributed by atoms with Gasteiger partial charge in [0.05, 0.1) is 27.7 Å². The van der Waals surface area contributed by atoms with E-state index in [0.29, 0.717) is 0 Å². The zero-order valence-electron chi connectivity index (χ0n) is 9.52. The van der Waals surface area contributed by atoms with Crippen LogP contribution in [0.5, 0.6) is 0 Å². The fourth-order valence-corrected chi connectivity index (χ4v) is 0.387. The first kappa shape index (κ1) is 14.3. The maximum atomic E-state index is 8.55. The number of hydrogen-bond acceptors (Lipinski definition) is 4. The molecular formula is C6H16NO4P. The van der Waals surface area contributed by atoms with E-state index in [1.807, 2.05) is 6.08 Å². The topological polar surface area (TPSA) is 86.2 Å². The van der Waals surface area contributed by atoms with Gasteiger partial charge in [-0.15, -0.1) is 0 Å². The molecule has 0 aromatic carbocycles. The Labute approximate surface area is 75.8 Å². The summed E-state index contributed by atoms with van der Waals surface area (Å²) in [7, 11) is 1.03. The number of quaternary nitrogens is 1. The van der Waals surface area contributed by atoms with Crippen LogP contribution in [0.4, 0.5) is 0 Å². The third-order valence-corrected chi connectivity index (χ3v) is 0.677. The van der Waals surface area contributed by atoms with Crippen LogP contribution in [0.1, 0.15) is 2.85 Å². The number of rotatable bonds is 2. The standard InChI is InChI=1S/C6H14N.H3O4P/c1-5-6-7(2,3)4;1-5(2,3)4/h5H,1,6H2,2-4H3;(H3,1,2,3,4)/q+1;/p-1. The van der Waals surface area contributed by atoms with Crippen LogP contribution in [0.3, 0.4) is 0 Å². The molecule has 0 unspecified atom stereocenters. The van der Waals surface area contributed by atoms with Crippen LogP contribution in [0.25, 0.3) is 0 Å². The molecule has 0 bridgehead atoms. The van der Waals surface area contributed by atoms with Gasteiger partial charge in [0, 0.05) is 0 Å². The molecule has 0 radical (unpaired) electrons. The van der Waals surface area contributed by atoms with Crippen molar-refractivity contribution in [3.63, 3.8) is 0 Å². The Morgan fingerprint density at radius 3 is 1.67 bits per heavy atom. The summed E-state index contributed by atoms with van der Waals surface area (Å²) in [6, 6.07) is 0. The summed E-state index contributed by atoms with van der Waals surface area (Å²) < 4.78 is 9.52. The molecule has 0 fully saturated rings.